The second-order valence-electron chi connectivity index (χ2n) is 5.54. The third kappa shape index (κ3) is 2.98. The lowest BCUT2D eigenvalue weighted by Crippen LogP contribution is -2.42. The highest BCUT2D eigenvalue weighted by atomic mass is 16.6. The highest BCUT2D eigenvalue weighted by molar-refractivity contribution is 5.87. The fourth-order valence-electron chi connectivity index (χ4n) is 2.80. The summed E-state index contributed by atoms with van der Waals surface area (Å²) < 4.78 is 5.04. The van der Waals surface area contributed by atoms with Crippen LogP contribution in [0.2, 0.25) is 0 Å². The number of nitrogens with zero attached hydrogens (tertiary/aromatic N) is 3. The number of hydrogen-bond donors (Lipinski definition) is 2. The summed E-state index contributed by atoms with van der Waals surface area (Å²) in [7, 11) is 0. The maximum atomic E-state index is 11.7. The standard InChI is InChI=1S/C15H21N5O2/c1-3-22-15(21)20-6-4-11(5-7-20)19-14-12-8-10(2)18-13(12)16-9-17-14/h8-9,11H,3-7H2,1-2H3,(H2,16,17,18,19). The summed E-state index contributed by atoms with van der Waals surface area (Å²) in [5.74, 6) is 0.851. The zero-order chi connectivity index (χ0) is 15.5. The van der Waals surface area contributed by atoms with Gasteiger partial charge >= 0.3 is 6.09 Å². The largest absolute Gasteiger partial charge is 0.450 e. The third-order valence-electron chi connectivity index (χ3n) is 3.92. The molecule has 0 aromatic carbocycles. The Labute approximate surface area is 129 Å². The first-order chi connectivity index (χ1) is 10.7. The summed E-state index contributed by atoms with van der Waals surface area (Å²) >= 11 is 0. The summed E-state index contributed by atoms with van der Waals surface area (Å²) in [5, 5.41) is 4.49. The molecular formula is C15H21N5O2. The van der Waals surface area contributed by atoms with Gasteiger partial charge in [-0.1, -0.05) is 0 Å². The second-order valence-corrected chi connectivity index (χ2v) is 5.54. The van der Waals surface area contributed by atoms with Gasteiger partial charge in [-0.25, -0.2) is 14.8 Å². The van der Waals surface area contributed by atoms with Crippen molar-refractivity contribution in [2.75, 3.05) is 25.0 Å². The number of carbonyl (C=O) groups is 1. The van der Waals surface area contributed by atoms with E-state index in [1.165, 1.54) is 0 Å². The molecule has 118 valence electrons. The van der Waals surface area contributed by atoms with Gasteiger partial charge in [-0.15, -0.1) is 0 Å². The predicted octanol–water partition coefficient (Wildman–Crippen LogP) is 2.30. The quantitative estimate of drug-likeness (QED) is 0.909. The molecule has 1 aliphatic rings. The number of piperidine rings is 1. The van der Waals surface area contributed by atoms with Gasteiger partial charge in [0.1, 0.15) is 17.8 Å². The fraction of sp³-hybridized carbons (Fsp3) is 0.533. The molecule has 0 bridgehead atoms. The molecule has 0 radical (unpaired) electrons. The molecule has 2 aromatic rings. The zero-order valence-corrected chi connectivity index (χ0v) is 12.9. The molecule has 3 rings (SSSR count). The minimum Gasteiger partial charge on any atom is -0.450 e. The summed E-state index contributed by atoms with van der Waals surface area (Å²) in [4.78, 5) is 25.3. The number of aromatic nitrogens is 3. The van der Waals surface area contributed by atoms with Gasteiger partial charge in [0.2, 0.25) is 0 Å². The van der Waals surface area contributed by atoms with E-state index in [1.54, 1.807) is 11.2 Å². The zero-order valence-electron chi connectivity index (χ0n) is 12.9. The average molecular weight is 303 g/mol. The van der Waals surface area contributed by atoms with Crippen molar-refractivity contribution < 1.29 is 9.53 Å². The Kier molecular flexibility index (Phi) is 4.13. The smallest absolute Gasteiger partial charge is 0.409 e. The van der Waals surface area contributed by atoms with Crippen molar-refractivity contribution in [3.8, 4) is 0 Å². The number of amides is 1. The van der Waals surface area contributed by atoms with Gasteiger partial charge in [0, 0.05) is 24.8 Å². The summed E-state index contributed by atoms with van der Waals surface area (Å²) in [5.41, 5.74) is 1.91. The normalized spacial score (nSPS) is 16.0. The van der Waals surface area contributed by atoms with Crippen molar-refractivity contribution in [2.45, 2.75) is 32.7 Å². The SMILES string of the molecule is CCOC(=O)N1CCC(Nc2ncnc3[nH]c(C)cc23)CC1. The number of hydrogen-bond acceptors (Lipinski definition) is 5. The van der Waals surface area contributed by atoms with Gasteiger partial charge < -0.3 is 19.9 Å². The molecule has 0 saturated carbocycles. The number of ether oxygens (including phenoxy) is 1. The molecule has 0 aliphatic carbocycles. The molecule has 1 fully saturated rings. The molecule has 0 unspecified atom stereocenters. The van der Waals surface area contributed by atoms with Crippen LogP contribution in [0.15, 0.2) is 12.4 Å². The van der Waals surface area contributed by atoms with Gasteiger partial charge in [0.15, 0.2) is 0 Å². The van der Waals surface area contributed by atoms with Gasteiger partial charge in [-0.2, -0.15) is 0 Å². The van der Waals surface area contributed by atoms with Crippen LogP contribution >= 0.6 is 0 Å². The van der Waals surface area contributed by atoms with E-state index in [0.717, 1.165) is 35.4 Å². The van der Waals surface area contributed by atoms with E-state index >= 15 is 0 Å². The molecule has 7 nitrogen and oxygen atoms in total. The lowest BCUT2D eigenvalue weighted by molar-refractivity contribution is 0.0983. The van der Waals surface area contributed by atoms with Crippen LogP contribution in [0.3, 0.4) is 0 Å². The molecule has 1 amide bonds. The molecule has 2 aromatic heterocycles. The Bertz CT molecular complexity index is 661. The van der Waals surface area contributed by atoms with Crippen LogP contribution in [0, 0.1) is 6.92 Å². The van der Waals surface area contributed by atoms with E-state index < -0.39 is 0 Å². The maximum absolute atomic E-state index is 11.7. The van der Waals surface area contributed by atoms with Gasteiger partial charge in [0.25, 0.3) is 0 Å². The molecule has 0 spiro atoms. The highest BCUT2D eigenvalue weighted by Gasteiger charge is 2.24. The van der Waals surface area contributed by atoms with Crippen LogP contribution in [0.4, 0.5) is 10.6 Å². The Morgan fingerprint density at radius 3 is 2.95 bits per heavy atom. The van der Waals surface area contributed by atoms with Crippen molar-refractivity contribution in [3.63, 3.8) is 0 Å². The van der Waals surface area contributed by atoms with E-state index in [2.05, 4.69) is 20.3 Å². The van der Waals surface area contributed by atoms with Crippen LogP contribution in [0.5, 0.6) is 0 Å². The second kappa shape index (κ2) is 6.21. The van der Waals surface area contributed by atoms with Crippen LogP contribution in [-0.2, 0) is 4.74 Å². The molecule has 0 atom stereocenters. The van der Waals surface area contributed by atoms with Crippen LogP contribution in [-0.4, -0.2) is 51.7 Å². The predicted molar refractivity (Wildman–Crippen MR) is 83.9 cm³/mol. The van der Waals surface area contributed by atoms with Crippen molar-refractivity contribution in [1.82, 2.24) is 19.9 Å². The molecule has 1 saturated heterocycles. The Hall–Kier alpha value is -2.31. The van der Waals surface area contributed by atoms with E-state index in [-0.39, 0.29) is 6.09 Å². The molecule has 2 N–H and O–H groups in total. The number of carbonyl (C=O) groups excluding carboxylic acids is 1. The van der Waals surface area contributed by atoms with Crippen molar-refractivity contribution in [1.29, 1.82) is 0 Å². The number of rotatable bonds is 3. The fourth-order valence-corrected chi connectivity index (χ4v) is 2.80. The Morgan fingerprint density at radius 1 is 1.45 bits per heavy atom. The van der Waals surface area contributed by atoms with Gasteiger partial charge in [-0.3, -0.25) is 0 Å². The van der Waals surface area contributed by atoms with E-state index in [1.807, 2.05) is 19.9 Å². The molecule has 3 heterocycles. The number of H-pyrrole nitrogens is 1. The Morgan fingerprint density at radius 2 is 2.23 bits per heavy atom. The molecule has 1 aliphatic heterocycles. The number of likely N-dealkylation sites (tertiary alicyclic amines) is 1. The highest BCUT2D eigenvalue weighted by Crippen LogP contribution is 2.23. The third-order valence-corrected chi connectivity index (χ3v) is 3.92. The lowest BCUT2D eigenvalue weighted by Gasteiger charge is -2.31. The first kappa shape index (κ1) is 14.6. The summed E-state index contributed by atoms with van der Waals surface area (Å²) in [6.45, 7) is 5.66. The monoisotopic (exact) mass is 303 g/mol. The maximum Gasteiger partial charge on any atom is 0.409 e. The summed E-state index contributed by atoms with van der Waals surface area (Å²) in [6, 6.07) is 2.35. The van der Waals surface area contributed by atoms with Crippen molar-refractivity contribution in [3.05, 3.63) is 18.1 Å². The van der Waals surface area contributed by atoms with E-state index in [4.69, 9.17) is 4.74 Å². The number of fused-ring (bicyclic) bond motifs is 1. The molecule has 22 heavy (non-hydrogen) atoms. The van der Waals surface area contributed by atoms with Crippen LogP contribution < -0.4 is 5.32 Å². The van der Waals surface area contributed by atoms with Gasteiger partial charge in [0.05, 0.1) is 12.0 Å². The van der Waals surface area contributed by atoms with Gasteiger partial charge in [-0.05, 0) is 32.8 Å². The first-order valence-corrected chi connectivity index (χ1v) is 7.66. The number of aryl methyl sites for hydroxylation is 1. The minimum atomic E-state index is -0.216. The number of anilines is 1. The molecular weight excluding hydrogens is 282 g/mol. The average Bonchev–Trinajstić information content (AvgIpc) is 2.90. The van der Waals surface area contributed by atoms with Crippen molar-refractivity contribution >= 4 is 22.9 Å². The van der Waals surface area contributed by atoms with E-state index in [0.29, 0.717) is 25.7 Å². The topological polar surface area (TPSA) is 83.1 Å². The summed E-state index contributed by atoms with van der Waals surface area (Å²) in [6.07, 6.45) is 3.11. The Balaban J connectivity index is 1.64. The number of aromatic amines is 1. The van der Waals surface area contributed by atoms with Crippen LogP contribution in [0.25, 0.3) is 11.0 Å². The molecule has 7 heteroatoms. The minimum absolute atomic E-state index is 0.216. The van der Waals surface area contributed by atoms with Crippen LogP contribution in [0.1, 0.15) is 25.5 Å². The first-order valence-electron chi connectivity index (χ1n) is 7.66. The van der Waals surface area contributed by atoms with Crippen molar-refractivity contribution in [2.24, 2.45) is 0 Å². The lowest BCUT2D eigenvalue weighted by atomic mass is 10.1. The van der Waals surface area contributed by atoms with E-state index in [9.17, 15) is 4.79 Å². The number of nitrogens with one attached hydrogen (secondary N) is 2.